The van der Waals surface area contributed by atoms with E-state index in [4.69, 9.17) is 4.74 Å². The summed E-state index contributed by atoms with van der Waals surface area (Å²) in [5.74, 6) is 0. The van der Waals surface area contributed by atoms with E-state index in [1.54, 1.807) is 37.4 Å². The second-order valence-corrected chi connectivity index (χ2v) is 7.96. The Hall–Kier alpha value is -2.11. The first kappa shape index (κ1) is 17.7. The number of anilines is 1. The van der Waals surface area contributed by atoms with Crippen LogP contribution in [0.15, 0.2) is 59.5 Å². The average molecular weight is 357 g/mol. The van der Waals surface area contributed by atoms with Crippen LogP contribution < -0.4 is 4.72 Å². The summed E-state index contributed by atoms with van der Waals surface area (Å²) in [5.41, 5.74) is 3.54. The van der Waals surface area contributed by atoms with Gasteiger partial charge in [0.05, 0.1) is 16.7 Å². The van der Waals surface area contributed by atoms with Crippen molar-refractivity contribution >= 4 is 21.3 Å². The molecule has 25 heavy (non-hydrogen) atoms. The molecule has 1 atom stereocenters. The lowest BCUT2D eigenvalue weighted by Crippen LogP contribution is -2.19. The zero-order valence-electron chi connectivity index (χ0n) is 14.5. The summed E-state index contributed by atoms with van der Waals surface area (Å²) in [7, 11) is -1.94. The van der Waals surface area contributed by atoms with Gasteiger partial charge in [-0.25, -0.2) is 8.42 Å². The minimum atomic E-state index is -3.63. The summed E-state index contributed by atoms with van der Waals surface area (Å²) < 4.78 is 33.8. The Labute approximate surface area is 149 Å². The van der Waals surface area contributed by atoms with Gasteiger partial charge in [0, 0.05) is 12.7 Å². The number of rotatable bonds is 5. The largest absolute Gasteiger partial charge is 0.377 e. The highest BCUT2D eigenvalue weighted by atomic mass is 32.2. The SMILES string of the molecule is COC1CCCC=C1c1ccccc1NS(=O)(=O)c1ccc(C)cc1. The molecule has 2 aromatic carbocycles. The third-order valence-corrected chi connectivity index (χ3v) is 5.86. The van der Waals surface area contributed by atoms with Gasteiger partial charge in [0.15, 0.2) is 0 Å². The van der Waals surface area contributed by atoms with E-state index in [0.29, 0.717) is 5.69 Å². The molecule has 1 aliphatic carbocycles. The molecule has 132 valence electrons. The maximum absolute atomic E-state index is 12.7. The molecule has 1 aliphatic rings. The van der Waals surface area contributed by atoms with Crippen molar-refractivity contribution in [3.05, 3.63) is 65.7 Å². The van der Waals surface area contributed by atoms with E-state index in [0.717, 1.165) is 36.0 Å². The standard InChI is InChI=1S/C20H23NO3S/c1-15-11-13-16(14-12-15)25(22,23)21-19-9-5-3-7-17(19)18-8-4-6-10-20(18)24-2/h3,5,7-9,11-14,20-21H,4,6,10H2,1-2H3. The molecular formula is C20H23NO3S. The average Bonchev–Trinajstić information content (AvgIpc) is 2.62. The fraction of sp³-hybridized carbons (Fsp3) is 0.300. The van der Waals surface area contributed by atoms with Gasteiger partial charge in [-0.2, -0.15) is 0 Å². The highest BCUT2D eigenvalue weighted by molar-refractivity contribution is 7.92. The van der Waals surface area contributed by atoms with Crippen LogP contribution in [-0.4, -0.2) is 21.6 Å². The summed E-state index contributed by atoms with van der Waals surface area (Å²) in [5, 5.41) is 0. The molecule has 0 spiro atoms. The zero-order valence-corrected chi connectivity index (χ0v) is 15.3. The molecule has 0 amide bonds. The van der Waals surface area contributed by atoms with Gasteiger partial charge in [-0.1, -0.05) is 42.0 Å². The van der Waals surface area contributed by atoms with Crippen LogP contribution in [-0.2, 0) is 14.8 Å². The Morgan fingerprint density at radius 3 is 2.52 bits per heavy atom. The third-order valence-electron chi connectivity index (χ3n) is 4.48. The van der Waals surface area contributed by atoms with Crippen molar-refractivity contribution in [1.82, 2.24) is 0 Å². The molecule has 0 aromatic heterocycles. The van der Waals surface area contributed by atoms with Crippen molar-refractivity contribution in [2.75, 3.05) is 11.8 Å². The molecule has 0 fully saturated rings. The zero-order chi connectivity index (χ0) is 17.9. The van der Waals surface area contributed by atoms with Crippen molar-refractivity contribution in [3.8, 4) is 0 Å². The lowest BCUT2D eigenvalue weighted by atomic mass is 9.90. The maximum Gasteiger partial charge on any atom is 0.261 e. The van der Waals surface area contributed by atoms with Crippen LogP contribution in [0.3, 0.4) is 0 Å². The highest BCUT2D eigenvalue weighted by Gasteiger charge is 2.23. The van der Waals surface area contributed by atoms with Gasteiger partial charge in [-0.05, 0) is 50.0 Å². The van der Waals surface area contributed by atoms with E-state index in [-0.39, 0.29) is 11.0 Å². The fourth-order valence-electron chi connectivity index (χ4n) is 3.12. The topological polar surface area (TPSA) is 55.4 Å². The Morgan fingerprint density at radius 1 is 1.08 bits per heavy atom. The molecule has 2 aromatic rings. The Morgan fingerprint density at radius 2 is 1.80 bits per heavy atom. The number of hydrogen-bond donors (Lipinski definition) is 1. The summed E-state index contributed by atoms with van der Waals surface area (Å²) in [4.78, 5) is 0.258. The van der Waals surface area contributed by atoms with Crippen molar-refractivity contribution in [1.29, 1.82) is 0 Å². The van der Waals surface area contributed by atoms with Crippen LogP contribution >= 0.6 is 0 Å². The van der Waals surface area contributed by atoms with Gasteiger partial charge in [0.25, 0.3) is 10.0 Å². The van der Waals surface area contributed by atoms with E-state index in [1.807, 2.05) is 25.1 Å². The number of nitrogens with one attached hydrogen (secondary N) is 1. The number of allylic oxidation sites excluding steroid dienone is 1. The summed E-state index contributed by atoms with van der Waals surface area (Å²) in [6, 6.07) is 14.3. The number of sulfonamides is 1. The fourth-order valence-corrected chi connectivity index (χ4v) is 4.20. The van der Waals surface area contributed by atoms with Crippen molar-refractivity contribution < 1.29 is 13.2 Å². The second-order valence-electron chi connectivity index (χ2n) is 6.28. The molecule has 0 bridgehead atoms. The number of para-hydroxylation sites is 1. The molecule has 3 rings (SSSR count). The molecule has 1 N–H and O–H groups in total. The first-order valence-corrected chi connectivity index (χ1v) is 9.91. The molecule has 0 aliphatic heterocycles. The molecule has 5 heteroatoms. The molecule has 4 nitrogen and oxygen atoms in total. The van der Waals surface area contributed by atoms with Gasteiger partial charge in [0.1, 0.15) is 0 Å². The highest BCUT2D eigenvalue weighted by Crippen LogP contribution is 2.34. The predicted octanol–water partition coefficient (Wildman–Crippen LogP) is 4.38. The number of hydrogen-bond acceptors (Lipinski definition) is 3. The Balaban J connectivity index is 1.96. The minimum absolute atomic E-state index is 0.00113. The van der Waals surface area contributed by atoms with Crippen LogP contribution in [0, 0.1) is 6.92 Å². The molecule has 0 saturated carbocycles. The van der Waals surface area contributed by atoms with Gasteiger partial charge >= 0.3 is 0 Å². The van der Waals surface area contributed by atoms with E-state index >= 15 is 0 Å². The van der Waals surface area contributed by atoms with Crippen LogP contribution in [0.1, 0.15) is 30.4 Å². The van der Waals surface area contributed by atoms with E-state index in [9.17, 15) is 8.42 Å². The first-order chi connectivity index (χ1) is 12.0. The molecular weight excluding hydrogens is 334 g/mol. The van der Waals surface area contributed by atoms with E-state index < -0.39 is 10.0 Å². The van der Waals surface area contributed by atoms with E-state index in [2.05, 4.69) is 10.8 Å². The lowest BCUT2D eigenvalue weighted by Gasteiger charge is -2.25. The summed E-state index contributed by atoms with van der Waals surface area (Å²) in [6.45, 7) is 1.93. The summed E-state index contributed by atoms with van der Waals surface area (Å²) in [6.07, 6.45) is 5.16. The van der Waals surface area contributed by atoms with Crippen LogP contribution in [0.25, 0.3) is 5.57 Å². The molecule has 1 unspecified atom stereocenters. The quantitative estimate of drug-likeness (QED) is 0.864. The van der Waals surface area contributed by atoms with Gasteiger partial charge in [-0.15, -0.1) is 0 Å². The van der Waals surface area contributed by atoms with Gasteiger partial charge in [-0.3, -0.25) is 4.72 Å². The molecule has 0 heterocycles. The number of aryl methyl sites for hydroxylation is 1. The van der Waals surface area contributed by atoms with Crippen molar-refractivity contribution in [2.24, 2.45) is 0 Å². The molecule has 0 saturated heterocycles. The van der Waals surface area contributed by atoms with Crippen LogP contribution in [0.5, 0.6) is 0 Å². The second kappa shape index (κ2) is 7.42. The smallest absolute Gasteiger partial charge is 0.261 e. The minimum Gasteiger partial charge on any atom is -0.377 e. The van der Waals surface area contributed by atoms with Crippen LogP contribution in [0.2, 0.25) is 0 Å². The van der Waals surface area contributed by atoms with Gasteiger partial charge in [0.2, 0.25) is 0 Å². The monoisotopic (exact) mass is 357 g/mol. The molecule has 0 radical (unpaired) electrons. The van der Waals surface area contributed by atoms with Crippen molar-refractivity contribution in [3.63, 3.8) is 0 Å². The Bertz CT molecular complexity index is 870. The maximum atomic E-state index is 12.7. The number of methoxy groups -OCH3 is 1. The Kier molecular flexibility index (Phi) is 5.25. The normalized spacial score (nSPS) is 17.8. The third kappa shape index (κ3) is 3.94. The van der Waals surface area contributed by atoms with Crippen LogP contribution in [0.4, 0.5) is 5.69 Å². The number of benzene rings is 2. The lowest BCUT2D eigenvalue weighted by molar-refractivity contribution is 0.136. The van der Waals surface area contributed by atoms with Crippen molar-refractivity contribution in [2.45, 2.75) is 37.2 Å². The van der Waals surface area contributed by atoms with Gasteiger partial charge < -0.3 is 4.74 Å². The summed E-state index contributed by atoms with van der Waals surface area (Å²) >= 11 is 0. The van der Waals surface area contributed by atoms with E-state index in [1.165, 1.54) is 0 Å². The predicted molar refractivity (Wildman–Crippen MR) is 101 cm³/mol. The number of ether oxygens (including phenoxy) is 1. The first-order valence-electron chi connectivity index (χ1n) is 8.43.